The van der Waals surface area contributed by atoms with E-state index in [4.69, 9.17) is 9.79 Å². The van der Waals surface area contributed by atoms with Crippen molar-refractivity contribution in [2.75, 3.05) is 6.16 Å². The van der Waals surface area contributed by atoms with Crippen LogP contribution in [0.4, 0.5) is 0 Å². The van der Waals surface area contributed by atoms with Crippen molar-refractivity contribution >= 4 is 13.4 Å². The van der Waals surface area contributed by atoms with Crippen LogP contribution >= 0.6 is 7.60 Å². The highest BCUT2D eigenvalue weighted by Gasteiger charge is 2.20. The van der Waals surface area contributed by atoms with Gasteiger partial charge in [0.05, 0.1) is 0 Å². The summed E-state index contributed by atoms with van der Waals surface area (Å²) in [6.07, 6.45) is 3.02. The van der Waals surface area contributed by atoms with E-state index in [0.29, 0.717) is 0 Å². The molecule has 0 saturated carbocycles. The molecule has 0 aromatic heterocycles. The van der Waals surface area contributed by atoms with E-state index in [9.17, 15) is 9.36 Å². The maximum absolute atomic E-state index is 11.1. The Balaban J connectivity index is 3.82. The van der Waals surface area contributed by atoms with Crippen LogP contribution in [0.25, 0.3) is 0 Å². The van der Waals surface area contributed by atoms with Gasteiger partial charge in [-0.2, -0.15) is 0 Å². The monoisotopic (exact) mass is 220 g/mol. The number of ketones is 1. The fourth-order valence-corrected chi connectivity index (χ4v) is 1.78. The van der Waals surface area contributed by atoms with E-state index in [0.717, 1.165) is 12.8 Å². The molecule has 2 N–H and O–H groups in total. The minimum atomic E-state index is -4.17. The second-order valence-electron chi connectivity index (χ2n) is 3.54. The molecule has 0 aromatic rings. The lowest BCUT2D eigenvalue weighted by Crippen LogP contribution is -2.10. The second kappa shape index (κ2) is 6.12. The van der Waals surface area contributed by atoms with Crippen molar-refractivity contribution in [1.82, 2.24) is 0 Å². The average Bonchev–Trinajstić information content (AvgIpc) is 1.96. The van der Waals surface area contributed by atoms with Gasteiger partial charge in [-0.3, -0.25) is 9.36 Å². The van der Waals surface area contributed by atoms with E-state index in [2.05, 4.69) is 6.58 Å². The SMILES string of the molecule is C=CCC[C@H](C)CC(=O)CP(=O)(O)O. The number of hydrogen-bond acceptors (Lipinski definition) is 2. The van der Waals surface area contributed by atoms with E-state index in [1.807, 2.05) is 6.92 Å². The van der Waals surface area contributed by atoms with Gasteiger partial charge in [0.25, 0.3) is 0 Å². The molecule has 0 radical (unpaired) electrons. The Labute approximate surface area is 84.2 Å². The first kappa shape index (κ1) is 13.6. The first-order valence-electron chi connectivity index (χ1n) is 4.52. The van der Waals surface area contributed by atoms with Crippen molar-refractivity contribution < 1.29 is 19.1 Å². The van der Waals surface area contributed by atoms with Crippen LogP contribution in [0.15, 0.2) is 12.7 Å². The Kier molecular flexibility index (Phi) is 5.93. The van der Waals surface area contributed by atoms with Crippen LogP contribution in [0.1, 0.15) is 26.2 Å². The zero-order chi connectivity index (χ0) is 11.2. The predicted molar refractivity (Wildman–Crippen MR) is 55.1 cm³/mol. The molecule has 4 nitrogen and oxygen atoms in total. The molecule has 0 rings (SSSR count). The van der Waals surface area contributed by atoms with Gasteiger partial charge in [0, 0.05) is 6.42 Å². The Morgan fingerprint density at radius 1 is 1.57 bits per heavy atom. The van der Waals surface area contributed by atoms with Crippen molar-refractivity contribution in [3.05, 3.63) is 12.7 Å². The molecule has 0 aromatic carbocycles. The van der Waals surface area contributed by atoms with Gasteiger partial charge in [0.1, 0.15) is 11.9 Å². The quantitative estimate of drug-likeness (QED) is 0.506. The third-order valence-electron chi connectivity index (χ3n) is 1.82. The first-order chi connectivity index (χ1) is 6.35. The van der Waals surface area contributed by atoms with Crippen LogP contribution in [0.5, 0.6) is 0 Å². The standard InChI is InChI=1S/C9H17O4P/c1-3-4-5-8(2)6-9(10)7-14(11,12)13/h3,8H,1,4-7H2,2H3,(H2,11,12,13)/t8-/m0/s1. The molecule has 0 heterocycles. The molecule has 0 unspecified atom stereocenters. The Hall–Kier alpha value is -0.440. The summed E-state index contributed by atoms with van der Waals surface area (Å²) in [6, 6.07) is 0. The zero-order valence-electron chi connectivity index (χ0n) is 8.35. The molecule has 1 atom stereocenters. The zero-order valence-corrected chi connectivity index (χ0v) is 9.24. The topological polar surface area (TPSA) is 74.6 Å². The fraction of sp³-hybridized carbons (Fsp3) is 0.667. The molecule has 0 amide bonds. The molecule has 0 aliphatic heterocycles. The molecule has 5 heteroatoms. The molecule has 0 bridgehead atoms. The largest absolute Gasteiger partial charge is 0.332 e. The highest BCUT2D eigenvalue weighted by Crippen LogP contribution is 2.34. The van der Waals surface area contributed by atoms with Crippen LogP contribution < -0.4 is 0 Å². The summed E-state index contributed by atoms with van der Waals surface area (Å²) in [4.78, 5) is 28.2. The summed E-state index contributed by atoms with van der Waals surface area (Å²) in [5.74, 6) is -0.207. The van der Waals surface area contributed by atoms with E-state index in [1.165, 1.54) is 0 Å². The summed E-state index contributed by atoms with van der Waals surface area (Å²) in [5, 5.41) is 0. The third-order valence-corrected chi connectivity index (χ3v) is 2.59. The molecule has 0 spiro atoms. The molecular weight excluding hydrogens is 203 g/mol. The summed E-state index contributed by atoms with van der Waals surface area (Å²) in [6.45, 7) is 5.45. The minimum Gasteiger partial charge on any atom is -0.324 e. The highest BCUT2D eigenvalue weighted by molar-refractivity contribution is 7.52. The second-order valence-corrected chi connectivity index (χ2v) is 5.18. The summed E-state index contributed by atoms with van der Waals surface area (Å²) in [5.41, 5.74) is 0. The maximum atomic E-state index is 11.1. The van der Waals surface area contributed by atoms with Gasteiger partial charge >= 0.3 is 7.60 Å². The van der Waals surface area contributed by atoms with E-state index in [1.54, 1.807) is 6.08 Å². The van der Waals surface area contributed by atoms with Crippen LogP contribution in [0.2, 0.25) is 0 Å². The molecule has 0 aliphatic rings. The van der Waals surface area contributed by atoms with Gasteiger partial charge in [0.2, 0.25) is 0 Å². The van der Waals surface area contributed by atoms with E-state index < -0.39 is 13.8 Å². The van der Waals surface area contributed by atoms with Crippen LogP contribution in [0.3, 0.4) is 0 Å². The maximum Gasteiger partial charge on any atom is 0.332 e. The Morgan fingerprint density at radius 3 is 2.57 bits per heavy atom. The lowest BCUT2D eigenvalue weighted by Gasteiger charge is -2.09. The van der Waals surface area contributed by atoms with Crippen molar-refractivity contribution in [2.45, 2.75) is 26.2 Å². The highest BCUT2D eigenvalue weighted by atomic mass is 31.2. The molecule has 14 heavy (non-hydrogen) atoms. The minimum absolute atomic E-state index is 0.159. The average molecular weight is 220 g/mol. The summed E-state index contributed by atoms with van der Waals surface area (Å²) < 4.78 is 10.5. The molecule has 82 valence electrons. The normalized spacial score (nSPS) is 13.6. The lowest BCUT2D eigenvalue weighted by atomic mass is 10.00. The number of carbonyl (C=O) groups excluding carboxylic acids is 1. The van der Waals surface area contributed by atoms with Gasteiger partial charge in [-0.1, -0.05) is 13.0 Å². The van der Waals surface area contributed by atoms with Gasteiger partial charge in [-0.25, -0.2) is 0 Å². The smallest absolute Gasteiger partial charge is 0.324 e. The van der Waals surface area contributed by atoms with Crippen molar-refractivity contribution in [3.8, 4) is 0 Å². The predicted octanol–water partition coefficient (Wildman–Crippen LogP) is 1.73. The van der Waals surface area contributed by atoms with Gasteiger partial charge in [-0.05, 0) is 18.8 Å². The van der Waals surface area contributed by atoms with Crippen molar-refractivity contribution in [3.63, 3.8) is 0 Å². The fourth-order valence-electron chi connectivity index (χ4n) is 1.19. The number of hydrogen-bond donors (Lipinski definition) is 2. The lowest BCUT2D eigenvalue weighted by molar-refractivity contribution is -0.117. The van der Waals surface area contributed by atoms with Crippen molar-refractivity contribution in [2.24, 2.45) is 5.92 Å². The molecule has 0 saturated heterocycles. The van der Waals surface area contributed by atoms with Crippen LogP contribution in [-0.4, -0.2) is 21.7 Å². The van der Waals surface area contributed by atoms with Crippen molar-refractivity contribution in [1.29, 1.82) is 0 Å². The molecule has 0 aliphatic carbocycles. The number of rotatable bonds is 7. The summed E-state index contributed by atoms with van der Waals surface area (Å²) in [7, 11) is -4.17. The molecule has 0 fully saturated rings. The van der Waals surface area contributed by atoms with Gasteiger partial charge in [0.15, 0.2) is 0 Å². The number of allylic oxidation sites excluding steroid dienone is 1. The number of Topliss-reactive ketones (excluding diaryl/α,β-unsaturated/α-hetero) is 1. The first-order valence-corrected chi connectivity index (χ1v) is 6.32. The van der Waals surface area contributed by atoms with Gasteiger partial charge < -0.3 is 9.79 Å². The van der Waals surface area contributed by atoms with E-state index in [-0.39, 0.29) is 18.1 Å². The van der Waals surface area contributed by atoms with Crippen LogP contribution in [-0.2, 0) is 9.36 Å². The van der Waals surface area contributed by atoms with Gasteiger partial charge in [-0.15, -0.1) is 6.58 Å². The van der Waals surface area contributed by atoms with E-state index >= 15 is 0 Å². The molecular formula is C9H17O4P. The third kappa shape index (κ3) is 8.17. The van der Waals surface area contributed by atoms with Crippen LogP contribution in [0, 0.1) is 5.92 Å². The Morgan fingerprint density at radius 2 is 2.14 bits per heavy atom. The number of carbonyl (C=O) groups is 1. The summed E-state index contributed by atoms with van der Waals surface area (Å²) >= 11 is 0. The Bertz CT molecular complexity index is 243.